The average molecular weight is 188 g/mol. The van der Waals surface area contributed by atoms with Gasteiger partial charge < -0.3 is 9.88 Å². The summed E-state index contributed by atoms with van der Waals surface area (Å²) in [4.78, 5) is 5.58. The van der Waals surface area contributed by atoms with Crippen LogP contribution in [0.5, 0.6) is 0 Å². The zero-order chi connectivity index (χ0) is 10.1. The first-order valence-electron chi connectivity index (χ1n) is 4.88. The molecule has 0 fully saturated rings. The highest BCUT2D eigenvalue weighted by molar-refractivity contribution is 5.81. The Balaban J connectivity index is 2.41. The number of fused-ring (bicyclic) bond motifs is 1. The van der Waals surface area contributed by atoms with Crippen molar-refractivity contribution in [2.24, 2.45) is 0 Å². The molecule has 0 atom stereocenters. The van der Waals surface area contributed by atoms with Gasteiger partial charge >= 0.3 is 0 Å². The smallest absolute Gasteiger partial charge is 0.0456 e. The van der Waals surface area contributed by atoms with Crippen LogP contribution in [0.2, 0.25) is 0 Å². The molecule has 1 aromatic heterocycles. The van der Waals surface area contributed by atoms with Gasteiger partial charge in [-0.2, -0.15) is 0 Å². The Morgan fingerprint density at radius 3 is 2.71 bits per heavy atom. The summed E-state index contributed by atoms with van der Waals surface area (Å²) in [6.07, 6.45) is 0. The molecule has 0 bridgehead atoms. The lowest BCUT2D eigenvalue weighted by atomic mass is 10.2. The van der Waals surface area contributed by atoms with E-state index in [0.29, 0.717) is 0 Å². The lowest BCUT2D eigenvalue weighted by Gasteiger charge is -2.06. The van der Waals surface area contributed by atoms with Crippen LogP contribution in [0.1, 0.15) is 11.3 Å². The molecule has 2 rings (SSSR count). The summed E-state index contributed by atoms with van der Waals surface area (Å²) in [7, 11) is 4.16. The molecule has 2 nitrogen and oxygen atoms in total. The monoisotopic (exact) mass is 188 g/mol. The Hall–Kier alpha value is -1.28. The van der Waals surface area contributed by atoms with E-state index in [4.69, 9.17) is 0 Å². The molecule has 1 N–H and O–H groups in total. The maximum absolute atomic E-state index is 3.41. The second-order valence-electron chi connectivity index (χ2n) is 4.12. The molecule has 0 unspecified atom stereocenters. The predicted octanol–water partition coefficient (Wildman–Crippen LogP) is 2.54. The van der Waals surface area contributed by atoms with Crippen LogP contribution in [0.25, 0.3) is 10.9 Å². The first-order chi connectivity index (χ1) is 6.65. The van der Waals surface area contributed by atoms with Gasteiger partial charge in [0, 0.05) is 17.8 Å². The summed E-state index contributed by atoms with van der Waals surface area (Å²) < 4.78 is 0. The van der Waals surface area contributed by atoms with Crippen LogP contribution in [-0.4, -0.2) is 24.0 Å². The molecular formula is C12H16N2. The van der Waals surface area contributed by atoms with E-state index in [0.717, 1.165) is 6.54 Å². The standard InChI is InChI=1S/C12H16N2/c1-9-4-5-12-10(6-9)7-11(13-12)8-14(2)3/h4-7,13H,8H2,1-3H3. The number of H-pyrrole nitrogens is 1. The van der Waals surface area contributed by atoms with Gasteiger partial charge in [-0.3, -0.25) is 0 Å². The van der Waals surface area contributed by atoms with Gasteiger partial charge in [0.05, 0.1) is 0 Å². The number of aromatic nitrogens is 1. The van der Waals surface area contributed by atoms with E-state index in [1.807, 2.05) is 0 Å². The lowest BCUT2D eigenvalue weighted by Crippen LogP contribution is -2.10. The SMILES string of the molecule is Cc1ccc2[nH]c(CN(C)C)cc2c1. The van der Waals surface area contributed by atoms with E-state index >= 15 is 0 Å². The molecular weight excluding hydrogens is 172 g/mol. The molecule has 2 aromatic rings. The molecule has 0 spiro atoms. The van der Waals surface area contributed by atoms with Crippen LogP contribution in [0.3, 0.4) is 0 Å². The molecule has 0 saturated heterocycles. The minimum absolute atomic E-state index is 0.966. The van der Waals surface area contributed by atoms with E-state index in [2.05, 4.69) is 55.2 Å². The highest BCUT2D eigenvalue weighted by Gasteiger charge is 2.01. The Morgan fingerprint density at radius 2 is 2.00 bits per heavy atom. The fourth-order valence-corrected chi connectivity index (χ4v) is 1.74. The van der Waals surface area contributed by atoms with Crippen LogP contribution < -0.4 is 0 Å². The third kappa shape index (κ3) is 1.80. The van der Waals surface area contributed by atoms with Crippen molar-refractivity contribution in [3.63, 3.8) is 0 Å². The number of hydrogen-bond donors (Lipinski definition) is 1. The van der Waals surface area contributed by atoms with Crippen molar-refractivity contribution >= 4 is 10.9 Å². The van der Waals surface area contributed by atoms with Crippen molar-refractivity contribution in [3.05, 3.63) is 35.5 Å². The largest absolute Gasteiger partial charge is 0.357 e. The minimum Gasteiger partial charge on any atom is -0.357 e. The number of aromatic amines is 1. The lowest BCUT2D eigenvalue weighted by molar-refractivity contribution is 0.398. The van der Waals surface area contributed by atoms with Crippen LogP contribution in [0, 0.1) is 6.92 Å². The van der Waals surface area contributed by atoms with Crippen LogP contribution in [0.15, 0.2) is 24.3 Å². The Morgan fingerprint density at radius 1 is 1.21 bits per heavy atom. The van der Waals surface area contributed by atoms with Gasteiger partial charge in [0.25, 0.3) is 0 Å². The van der Waals surface area contributed by atoms with Crippen LogP contribution >= 0.6 is 0 Å². The number of hydrogen-bond acceptors (Lipinski definition) is 1. The third-order valence-electron chi connectivity index (χ3n) is 2.32. The molecule has 0 aliphatic rings. The second-order valence-corrected chi connectivity index (χ2v) is 4.12. The molecule has 14 heavy (non-hydrogen) atoms. The molecule has 2 heteroatoms. The topological polar surface area (TPSA) is 19.0 Å². The first kappa shape index (κ1) is 9.28. The van der Waals surface area contributed by atoms with Gasteiger partial charge in [-0.1, -0.05) is 11.6 Å². The fraction of sp³-hybridized carbons (Fsp3) is 0.333. The second kappa shape index (κ2) is 3.46. The van der Waals surface area contributed by atoms with E-state index < -0.39 is 0 Å². The molecule has 74 valence electrons. The molecule has 0 aliphatic carbocycles. The molecule has 0 aliphatic heterocycles. The van der Waals surface area contributed by atoms with Gasteiger partial charge in [0.2, 0.25) is 0 Å². The van der Waals surface area contributed by atoms with Gasteiger partial charge in [-0.25, -0.2) is 0 Å². The Kier molecular flexibility index (Phi) is 2.30. The number of aryl methyl sites for hydroxylation is 1. The summed E-state index contributed by atoms with van der Waals surface area (Å²) in [6.45, 7) is 3.09. The minimum atomic E-state index is 0.966. The Bertz CT molecular complexity index is 441. The highest BCUT2D eigenvalue weighted by Crippen LogP contribution is 2.17. The van der Waals surface area contributed by atoms with E-state index in [9.17, 15) is 0 Å². The third-order valence-corrected chi connectivity index (χ3v) is 2.32. The fourth-order valence-electron chi connectivity index (χ4n) is 1.74. The molecule has 0 amide bonds. The van der Waals surface area contributed by atoms with Crippen LogP contribution in [-0.2, 0) is 6.54 Å². The molecule has 1 aromatic carbocycles. The van der Waals surface area contributed by atoms with Crippen molar-refractivity contribution in [3.8, 4) is 0 Å². The van der Waals surface area contributed by atoms with Crippen molar-refractivity contribution in [1.82, 2.24) is 9.88 Å². The predicted molar refractivity (Wildman–Crippen MR) is 60.4 cm³/mol. The summed E-state index contributed by atoms with van der Waals surface area (Å²) in [5.41, 5.74) is 3.82. The summed E-state index contributed by atoms with van der Waals surface area (Å²) in [5, 5.41) is 1.31. The first-order valence-corrected chi connectivity index (χ1v) is 4.88. The Labute approximate surface area is 84.5 Å². The average Bonchev–Trinajstić information content (AvgIpc) is 2.44. The summed E-state index contributed by atoms with van der Waals surface area (Å²) >= 11 is 0. The van der Waals surface area contributed by atoms with Crippen LogP contribution in [0.4, 0.5) is 0 Å². The van der Waals surface area contributed by atoms with Gasteiger partial charge in [0.1, 0.15) is 0 Å². The van der Waals surface area contributed by atoms with E-state index in [1.165, 1.54) is 22.2 Å². The van der Waals surface area contributed by atoms with Gasteiger partial charge in [-0.05, 0) is 44.6 Å². The van der Waals surface area contributed by atoms with Gasteiger partial charge in [-0.15, -0.1) is 0 Å². The number of nitrogens with one attached hydrogen (secondary N) is 1. The number of nitrogens with zero attached hydrogens (tertiary/aromatic N) is 1. The molecule has 0 radical (unpaired) electrons. The number of rotatable bonds is 2. The number of benzene rings is 1. The maximum Gasteiger partial charge on any atom is 0.0456 e. The quantitative estimate of drug-likeness (QED) is 0.767. The maximum atomic E-state index is 3.41. The van der Waals surface area contributed by atoms with Gasteiger partial charge in [0.15, 0.2) is 0 Å². The molecule has 1 heterocycles. The van der Waals surface area contributed by atoms with Crippen molar-refractivity contribution < 1.29 is 0 Å². The van der Waals surface area contributed by atoms with Crippen molar-refractivity contribution in [2.45, 2.75) is 13.5 Å². The highest BCUT2D eigenvalue weighted by atomic mass is 15.1. The zero-order valence-corrected chi connectivity index (χ0v) is 8.96. The van der Waals surface area contributed by atoms with E-state index in [1.54, 1.807) is 0 Å². The normalized spacial score (nSPS) is 11.4. The van der Waals surface area contributed by atoms with Crippen molar-refractivity contribution in [1.29, 1.82) is 0 Å². The van der Waals surface area contributed by atoms with E-state index in [-0.39, 0.29) is 0 Å². The summed E-state index contributed by atoms with van der Waals surface area (Å²) in [5.74, 6) is 0. The van der Waals surface area contributed by atoms with Crippen molar-refractivity contribution in [2.75, 3.05) is 14.1 Å². The molecule has 0 saturated carbocycles. The summed E-state index contributed by atoms with van der Waals surface area (Å²) in [6, 6.07) is 8.72. The zero-order valence-electron chi connectivity index (χ0n) is 8.96.